The predicted molar refractivity (Wildman–Crippen MR) is 85.5 cm³/mol. The van der Waals surface area contributed by atoms with Gasteiger partial charge in [-0.3, -0.25) is 4.90 Å². The SMILES string of the molecule is Cc1nc(N2CC3CCCCN3CC2C)sc1C(C)N. The highest BCUT2D eigenvalue weighted by Crippen LogP contribution is 2.34. The van der Waals surface area contributed by atoms with Crippen LogP contribution in [0, 0.1) is 6.92 Å². The fourth-order valence-electron chi connectivity index (χ4n) is 3.56. The quantitative estimate of drug-likeness (QED) is 0.910. The Morgan fingerprint density at radius 2 is 2.15 bits per heavy atom. The molecule has 0 bridgehead atoms. The first-order chi connectivity index (χ1) is 9.56. The summed E-state index contributed by atoms with van der Waals surface area (Å²) in [6.45, 7) is 10.0. The van der Waals surface area contributed by atoms with Gasteiger partial charge in [0.05, 0.1) is 5.69 Å². The number of aryl methyl sites for hydroxylation is 1. The van der Waals surface area contributed by atoms with Gasteiger partial charge < -0.3 is 10.6 Å². The molecular weight excluding hydrogens is 268 g/mol. The van der Waals surface area contributed by atoms with Crippen molar-refractivity contribution in [3.63, 3.8) is 0 Å². The number of piperidine rings is 1. The van der Waals surface area contributed by atoms with Crippen LogP contribution in [-0.4, -0.2) is 41.6 Å². The van der Waals surface area contributed by atoms with Crippen molar-refractivity contribution in [1.29, 1.82) is 0 Å². The Labute approximate surface area is 126 Å². The maximum absolute atomic E-state index is 6.04. The van der Waals surface area contributed by atoms with Crippen molar-refractivity contribution in [3.05, 3.63) is 10.6 Å². The van der Waals surface area contributed by atoms with Gasteiger partial charge in [0, 0.05) is 36.1 Å². The Bertz CT molecular complexity index is 470. The van der Waals surface area contributed by atoms with Crippen LogP contribution in [-0.2, 0) is 0 Å². The van der Waals surface area contributed by atoms with Crippen LogP contribution in [0.4, 0.5) is 5.13 Å². The molecule has 2 N–H and O–H groups in total. The molecule has 0 radical (unpaired) electrons. The lowest BCUT2D eigenvalue weighted by Crippen LogP contribution is -2.58. The zero-order chi connectivity index (χ0) is 14.3. The summed E-state index contributed by atoms with van der Waals surface area (Å²) in [5, 5.41) is 1.17. The number of fused-ring (bicyclic) bond motifs is 1. The van der Waals surface area contributed by atoms with Crippen LogP contribution in [0.5, 0.6) is 0 Å². The minimum Gasteiger partial charge on any atom is -0.343 e. The molecule has 3 rings (SSSR count). The molecule has 0 spiro atoms. The number of piperazine rings is 1. The van der Waals surface area contributed by atoms with E-state index in [0.29, 0.717) is 6.04 Å². The highest BCUT2D eigenvalue weighted by molar-refractivity contribution is 7.15. The number of aromatic nitrogens is 1. The van der Waals surface area contributed by atoms with Gasteiger partial charge in [0.25, 0.3) is 0 Å². The number of hydrogen-bond acceptors (Lipinski definition) is 5. The summed E-state index contributed by atoms with van der Waals surface area (Å²) < 4.78 is 0. The van der Waals surface area contributed by atoms with Crippen molar-refractivity contribution < 1.29 is 0 Å². The lowest BCUT2D eigenvalue weighted by Gasteiger charge is -2.47. The monoisotopic (exact) mass is 294 g/mol. The van der Waals surface area contributed by atoms with Gasteiger partial charge >= 0.3 is 0 Å². The Morgan fingerprint density at radius 1 is 1.35 bits per heavy atom. The first-order valence-corrected chi connectivity index (χ1v) is 8.61. The second-order valence-electron chi connectivity index (χ2n) is 6.38. The van der Waals surface area contributed by atoms with Gasteiger partial charge in [-0.25, -0.2) is 4.98 Å². The Balaban J connectivity index is 1.80. The van der Waals surface area contributed by atoms with E-state index in [-0.39, 0.29) is 6.04 Å². The van der Waals surface area contributed by atoms with E-state index in [1.54, 1.807) is 11.3 Å². The van der Waals surface area contributed by atoms with Crippen LogP contribution in [0.2, 0.25) is 0 Å². The van der Waals surface area contributed by atoms with Gasteiger partial charge in [0.2, 0.25) is 0 Å². The largest absolute Gasteiger partial charge is 0.343 e. The number of rotatable bonds is 2. The van der Waals surface area contributed by atoms with E-state index in [9.17, 15) is 0 Å². The molecule has 2 aliphatic rings. The molecular formula is C15H26N4S. The minimum atomic E-state index is 0.0903. The van der Waals surface area contributed by atoms with Gasteiger partial charge in [-0.15, -0.1) is 11.3 Å². The van der Waals surface area contributed by atoms with Crippen molar-refractivity contribution in [2.24, 2.45) is 5.73 Å². The summed E-state index contributed by atoms with van der Waals surface area (Å²) in [5.74, 6) is 0. The average molecular weight is 294 g/mol. The summed E-state index contributed by atoms with van der Waals surface area (Å²) in [6.07, 6.45) is 4.09. The van der Waals surface area contributed by atoms with E-state index in [2.05, 4.69) is 23.6 Å². The van der Waals surface area contributed by atoms with Gasteiger partial charge in [-0.1, -0.05) is 6.42 Å². The normalized spacial score (nSPS) is 29.3. The molecule has 20 heavy (non-hydrogen) atoms. The van der Waals surface area contributed by atoms with Crippen molar-refractivity contribution in [2.75, 3.05) is 24.5 Å². The molecule has 0 aliphatic carbocycles. The first kappa shape index (κ1) is 14.3. The van der Waals surface area contributed by atoms with E-state index in [1.165, 1.54) is 42.4 Å². The van der Waals surface area contributed by atoms with Crippen molar-refractivity contribution in [1.82, 2.24) is 9.88 Å². The molecule has 5 heteroatoms. The van der Waals surface area contributed by atoms with Gasteiger partial charge in [-0.2, -0.15) is 0 Å². The fourth-order valence-corrected chi connectivity index (χ4v) is 4.69. The van der Waals surface area contributed by atoms with Crippen LogP contribution in [0.25, 0.3) is 0 Å². The molecule has 112 valence electrons. The van der Waals surface area contributed by atoms with E-state index in [0.717, 1.165) is 18.3 Å². The van der Waals surface area contributed by atoms with E-state index in [4.69, 9.17) is 10.7 Å². The summed E-state index contributed by atoms with van der Waals surface area (Å²) in [6, 6.07) is 1.37. The van der Waals surface area contributed by atoms with Gasteiger partial charge in [-0.05, 0) is 40.2 Å². The second-order valence-corrected chi connectivity index (χ2v) is 7.39. The van der Waals surface area contributed by atoms with Crippen LogP contribution in [0.15, 0.2) is 0 Å². The number of hydrogen-bond donors (Lipinski definition) is 1. The molecule has 3 atom stereocenters. The molecule has 3 unspecified atom stereocenters. The minimum absolute atomic E-state index is 0.0903. The first-order valence-electron chi connectivity index (χ1n) is 7.80. The van der Waals surface area contributed by atoms with E-state index < -0.39 is 0 Å². The summed E-state index contributed by atoms with van der Waals surface area (Å²) >= 11 is 1.79. The number of anilines is 1. The molecule has 1 aromatic heterocycles. The maximum atomic E-state index is 6.04. The predicted octanol–water partition coefficient (Wildman–Crippen LogP) is 2.53. The third kappa shape index (κ3) is 2.59. The molecule has 2 aliphatic heterocycles. The number of nitrogens with two attached hydrogens (primary N) is 1. The zero-order valence-corrected chi connectivity index (χ0v) is 13.6. The van der Waals surface area contributed by atoms with Crippen LogP contribution >= 0.6 is 11.3 Å². The Hall–Kier alpha value is -0.650. The summed E-state index contributed by atoms with van der Waals surface area (Å²) in [5.41, 5.74) is 7.15. The lowest BCUT2D eigenvalue weighted by atomic mass is 9.97. The average Bonchev–Trinajstić information content (AvgIpc) is 2.80. The van der Waals surface area contributed by atoms with Crippen LogP contribution in [0.1, 0.15) is 49.7 Å². The summed E-state index contributed by atoms with van der Waals surface area (Å²) in [7, 11) is 0. The second kappa shape index (κ2) is 5.62. The fraction of sp³-hybridized carbons (Fsp3) is 0.800. The molecule has 0 saturated carbocycles. The zero-order valence-electron chi connectivity index (χ0n) is 12.8. The Kier molecular flexibility index (Phi) is 4.02. The van der Waals surface area contributed by atoms with E-state index >= 15 is 0 Å². The van der Waals surface area contributed by atoms with Crippen molar-refractivity contribution in [3.8, 4) is 0 Å². The molecule has 3 heterocycles. The number of nitrogens with zero attached hydrogens (tertiary/aromatic N) is 3. The molecule has 4 nitrogen and oxygen atoms in total. The lowest BCUT2D eigenvalue weighted by molar-refractivity contribution is 0.115. The smallest absolute Gasteiger partial charge is 0.186 e. The third-order valence-corrected chi connectivity index (χ3v) is 6.06. The number of thiazole rings is 1. The standard InChI is InChI=1S/C15H26N4S/c1-10-8-18-7-5-4-6-13(18)9-19(10)15-17-12(3)14(20-15)11(2)16/h10-11,13H,4-9,16H2,1-3H3. The van der Waals surface area contributed by atoms with Crippen LogP contribution < -0.4 is 10.6 Å². The molecule has 0 amide bonds. The topological polar surface area (TPSA) is 45.4 Å². The molecule has 0 aromatic carbocycles. The molecule has 2 saturated heterocycles. The van der Waals surface area contributed by atoms with Crippen molar-refractivity contribution >= 4 is 16.5 Å². The molecule has 1 aromatic rings. The van der Waals surface area contributed by atoms with Gasteiger partial charge in [0.15, 0.2) is 5.13 Å². The highest BCUT2D eigenvalue weighted by Gasteiger charge is 2.34. The van der Waals surface area contributed by atoms with Crippen molar-refractivity contribution in [2.45, 2.75) is 58.2 Å². The molecule has 2 fully saturated rings. The van der Waals surface area contributed by atoms with Crippen LogP contribution in [0.3, 0.4) is 0 Å². The summed E-state index contributed by atoms with van der Waals surface area (Å²) in [4.78, 5) is 11.2. The van der Waals surface area contributed by atoms with E-state index in [1.807, 2.05) is 6.92 Å². The highest BCUT2D eigenvalue weighted by atomic mass is 32.1. The third-order valence-electron chi connectivity index (χ3n) is 4.67. The maximum Gasteiger partial charge on any atom is 0.186 e. The Morgan fingerprint density at radius 3 is 2.85 bits per heavy atom. The van der Waals surface area contributed by atoms with Gasteiger partial charge in [0.1, 0.15) is 0 Å².